The Morgan fingerprint density at radius 1 is 1.58 bits per heavy atom. The summed E-state index contributed by atoms with van der Waals surface area (Å²) in [5.74, 6) is 0.128. The maximum atomic E-state index is 11.8. The van der Waals surface area contributed by atoms with Crippen molar-refractivity contribution in [3.63, 3.8) is 0 Å². The zero-order chi connectivity index (χ0) is 13.9. The van der Waals surface area contributed by atoms with E-state index in [2.05, 4.69) is 41.8 Å². The van der Waals surface area contributed by atoms with E-state index in [9.17, 15) is 4.79 Å². The number of carbonyl (C=O) groups is 1. The van der Waals surface area contributed by atoms with Gasteiger partial charge in [0.15, 0.2) is 0 Å². The Morgan fingerprint density at radius 2 is 2.37 bits per heavy atom. The molecular weight excluding hydrogens is 258 g/mol. The van der Waals surface area contributed by atoms with Gasteiger partial charge in [0.2, 0.25) is 5.91 Å². The summed E-state index contributed by atoms with van der Waals surface area (Å²) in [4.78, 5) is 16.4. The predicted molar refractivity (Wildman–Crippen MR) is 78.6 cm³/mol. The molecule has 1 fully saturated rings. The summed E-state index contributed by atoms with van der Waals surface area (Å²) in [6, 6.07) is 0.0144. The van der Waals surface area contributed by atoms with Crippen molar-refractivity contribution in [1.82, 2.24) is 15.6 Å². The van der Waals surface area contributed by atoms with Gasteiger partial charge in [-0.2, -0.15) is 0 Å². The van der Waals surface area contributed by atoms with Crippen LogP contribution in [0.5, 0.6) is 0 Å². The minimum Gasteiger partial charge on any atom is -0.354 e. The van der Waals surface area contributed by atoms with Crippen molar-refractivity contribution in [2.45, 2.75) is 51.5 Å². The van der Waals surface area contributed by atoms with Crippen LogP contribution in [0.4, 0.5) is 0 Å². The van der Waals surface area contributed by atoms with Gasteiger partial charge in [-0.05, 0) is 19.4 Å². The summed E-state index contributed by atoms with van der Waals surface area (Å²) >= 11 is 1.70. The average Bonchev–Trinajstić information content (AvgIpc) is 2.99. The summed E-state index contributed by atoms with van der Waals surface area (Å²) in [7, 11) is 0. The van der Waals surface area contributed by atoms with Gasteiger partial charge in [0.25, 0.3) is 0 Å². The fourth-order valence-corrected chi connectivity index (χ4v) is 3.05. The molecule has 1 aromatic heterocycles. The highest BCUT2D eigenvalue weighted by Gasteiger charge is 2.21. The van der Waals surface area contributed by atoms with Crippen molar-refractivity contribution in [3.8, 4) is 0 Å². The number of carbonyl (C=O) groups excluding carboxylic acids is 1. The molecule has 19 heavy (non-hydrogen) atoms. The number of thiazole rings is 1. The Kier molecular flexibility index (Phi) is 4.58. The van der Waals surface area contributed by atoms with Crippen LogP contribution >= 0.6 is 11.3 Å². The average molecular weight is 281 g/mol. The quantitative estimate of drug-likeness (QED) is 0.885. The van der Waals surface area contributed by atoms with Gasteiger partial charge < -0.3 is 10.6 Å². The second kappa shape index (κ2) is 6.01. The summed E-state index contributed by atoms with van der Waals surface area (Å²) in [6.07, 6.45) is 2.86. The second-order valence-corrected chi connectivity index (χ2v) is 6.94. The summed E-state index contributed by atoms with van der Waals surface area (Å²) in [5.41, 5.74) is 1.19. The molecule has 0 spiro atoms. The minimum absolute atomic E-state index is 0.0144. The number of nitrogens with zero attached hydrogens (tertiary/aromatic N) is 1. The molecule has 1 aliphatic rings. The summed E-state index contributed by atoms with van der Waals surface area (Å²) in [5, 5.41) is 9.44. The SMILES string of the molecule is CC(C)(C)c1nc(CCNC(=O)C2CCCN2)cs1. The van der Waals surface area contributed by atoms with E-state index < -0.39 is 0 Å². The number of aromatic nitrogens is 1. The van der Waals surface area contributed by atoms with Crippen molar-refractivity contribution >= 4 is 17.2 Å². The molecule has 0 aliphatic carbocycles. The maximum Gasteiger partial charge on any atom is 0.237 e. The van der Waals surface area contributed by atoms with Crippen LogP contribution in [0, 0.1) is 0 Å². The van der Waals surface area contributed by atoms with E-state index in [1.807, 2.05) is 0 Å². The summed E-state index contributed by atoms with van der Waals surface area (Å²) < 4.78 is 0. The molecular formula is C14H23N3OS. The third-order valence-electron chi connectivity index (χ3n) is 3.25. The number of nitrogens with one attached hydrogen (secondary N) is 2. The highest BCUT2D eigenvalue weighted by Crippen LogP contribution is 2.25. The van der Waals surface area contributed by atoms with Crippen molar-refractivity contribution in [2.75, 3.05) is 13.1 Å². The number of rotatable bonds is 4. The van der Waals surface area contributed by atoms with Gasteiger partial charge in [-0.1, -0.05) is 20.8 Å². The lowest BCUT2D eigenvalue weighted by atomic mass is 9.98. The standard InChI is InChI=1S/C14H23N3OS/c1-14(2,3)13-17-10(9-19-13)6-8-16-12(18)11-5-4-7-15-11/h9,11,15H,4-8H2,1-3H3,(H,16,18). The Morgan fingerprint density at radius 3 is 2.95 bits per heavy atom. The van der Waals surface area contributed by atoms with E-state index in [0.717, 1.165) is 36.5 Å². The lowest BCUT2D eigenvalue weighted by Crippen LogP contribution is -2.41. The topological polar surface area (TPSA) is 54.0 Å². The van der Waals surface area contributed by atoms with Gasteiger partial charge >= 0.3 is 0 Å². The second-order valence-electron chi connectivity index (χ2n) is 6.08. The van der Waals surface area contributed by atoms with E-state index in [0.29, 0.717) is 6.54 Å². The third kappa shape index (κ3) is 4.01. The molecule has 2 rings (SSSR count). The zero-order valence-electron chi connectivity index (χ0n) is 12.0. The molecule has 1 aliphatic heterocycles. The summed E-state index contributed by atoms with van der Waals surface area (Å²) in [6.45, 7) is 8.14. The molecule has 0 saturated carbocycles. The molecule has 5 heteroatoms. The van der Waals surface area contributed by atoms with Gasteiger partial charge in [-0.3, -0.25) is 4.79 Å². The third-order valence-corrected chi connectivity index (χ3v) is 4.57. The first-order chi connectivity index (χ1) is 8.97. The predicted octanol–water partition coefficient (Wildman–Crippen LogP) is 1.85. The molecule has 0 radical (unpaired) electrons. The largest absolute Gasteiger partial charge is 0.354 e. The fourth-order valence-electron chi connectivity index (χ4n) is 2.11. The van der Waals surface area contributed by atoms with Crippen LogP contribution in [0.1, 0.15) is 44.3 Å². The lowest BCUT2D eigenvalue weighted by Gasteiger charge is -2.13. The van der Waals surface area contributed by atoms with E-state index in [-0.39, 0.29) is 17.4 Å². The van der Waals surface area contributed by atoms with Crippen LogP contribution in [0.15, 0.2) is 5.38 Å². The first-order valence-electron chi connectivity index (χ1n) is 6.93. The molecule has 2 N–H and O–H groups in total. The van der Waals surface area contributed by atoms with Gasteiger partial charge in [-0.25, -0.2) is 4.98 Å². The Bertz CT molecular complexity index is 430. The van der Waals surface area contributed by atoms with Crippen molar-refractivity contribution < 1.29 is 4.79 Å². The first kappa shape index (κ1) is 14.5. The Hall–Kier alpha value is -0.940. The molecule has 1 aromatic rings. The van der Waals surface area contributed by atoms with Crippen molar-refractivity contribution in [3.05, 3.63) is 16.1 Å². The van der Waals surface area contributed by atoms with Gasteiger partial charge in [0, 0.05) is 23.8 Å². The van der Waals surface area contributed by atoms with Gasteiger partial charge in [0.05, 0.1) is 16.7 Å². The Labute approximate surface area is 119 Å². The fraction of sp³-hybridized carbons (Fsp3) is 0.714. The Balaban J connectivity index is 1.76. The molecule has 2 heterocycles. The molecule has 106 valence electrons. The van der Waals surface area contributed by atoms with Crippen LogP contribution in [0.2, 0.25) is 0 Å². The van der Waals surface area contributed by atoms with E-state index >= 15 is 0 Å². The molecule has 1 saturated heterocycles. The highest BCUT2D eigenvalue weighted by molar-refractivity contribution is 7.09. The first-order valence-corrected chi connectivity index (χ1v) is 7.81. The molecule has 0 aromatic carbocycles. The van der Waals surface area contributed by atoms with Crippen LogP contribution in [-0.4, -0.2) is 30.0 Å². The zero-order valence-corrected chi connectivity index (χ0v) is 12.8. The molecule has 1 atom stereocenters. The molecule has 4 nitrogen and oxygen atoms in total. The molecule has 1 unspecified atom stereocenters. The van der Waals surface area contributed by atoms with E-state index in [1.54, 1.807) is 11.3 Å². The van der Waals surface area contributed by atoms with Gasteiger partial charge in [0.1, 0.15) is 0 Å². The molecule has 1 amide bonds. The van der Waals surface area contributed by atoms with E-state index in [1.165, 1.54) is 0 Å². The van der Waals surface area contributed by atoms with Crippen LogP contribution in [0.25, 0.3) is 0 Å². The van der Waals surface area contributed by atoms with Crippen molar-refractivity contribution in [2.24, 2.45) is 0 Å². The van der Waals surface area contributed by atoms with Gasteiger partial charge in [-0.15, -0.1) is 11.3 Å². The van der Waals surface area contributed by atoms with Crippen LogP contribution in [-0.2, 0) is 16.6 Å². The molecule has 0 bridgehead atoms. The lowest BCUT2D eigenvalue weighted by molar-refractivity contribution is -0.122. The van der Waals surface area contributed by atoms with Crippen LogP contribution < -0.4 is 10.6 Å². The normalized spacial score (nSPS) is 19.6. The highest BCUT2D eigenvalue weighted by atomic mass is 32.1. The number of hydrogen-bond acceptors (Lipinski definition) is 4. The van der Waals surface area contributed by atoms with Crippen molar-refractivity contribution in [1.29, 1.82) is 0 Å². The van der Waals surface area contributed by atoms with Crippen LogP contribution in [0.3, 0.4) is 0 Å². The monoisotopic (exact) mass is 281 g/mol. The van der Waals surface area contributed by atoms with E-state index in [4.69, 9.17) is 0 Å². The smallest absolute Gasteiger partial charge is 0.237 e. The maximum absolute atomic E-state index is 11.8. The number of hydrogen-bond donors (Lipinski definition) is 2. The minimum atomic E-state index is 0.0144. The number of amides is 1.